The Bertz CT molecular complexity index is 2250. The van der Waals surface area contributed by atoms with Crippen LogP contribution in [0.4, 0.5) is 17.1 Å². The normalized spacial score (nSPS) is 11.9. The fraction of sp³-hybridized carbons (Fsp3) is 0.0976. The first-order valence-corrected chi connectivity index (χ1v) is 15.5. The fourth-order valence-electron chi connectivity index (χ4n) is 6.37. The third-order valence-electron chi connectivity index (χ3n) is 8.71. The van der Waals surface area contributed by atoms with Crippen molar-refractivity contribution in [3.8, 4) is 16.9 Å². The quantitative estimate of drug-likeness (QED) is 0.202. The molecule has 0 aliphatic rings. The molecule has 0 aliphatic heterocycles. The summed E-state index contributed by atoms with van der Waals surface area (Å²) in [6.45, 7) is 6.78. The Balaban J connectivity index is 1.25. The third kappa shape index (κ3) is 4.76. The van der Waals surface area contributed by atoms with Gasteiger partial charge in [0.05, 0.1) is 16.7 Å². The lowest BCUT2D eigenvalue weighted by molar-refractivity contribution is 0.590. The summed E-state index contributed by atoms with van der Waals surface area (Å²) < 4.78 is 4.45. The summed E-state index contributed by atoms with van der Waals surface area (Å²) in [6.07, 6.45) is 4.12. The first-order chi connectivity index (χ1) is 21.9. The third-order valence-corrected chi connectivity index (χ3v) is 8.71. The van der Waals surface area contributed by atoms with Gasteiger partial charge in [-0.2, -0.15) is 0 Å². The topological polar surface area (TPSA) is 25.5 Å². The molecule has 5 aromatic carbocycles. The largest absolute Gasteiger partial charge is 0.310 e. The van der Waals surface area contributed by atoms with Crippen molar-refractivity contribution in [2.45, 2.75) is 26.2 Å². The van der Waals surface area contributed by atoms with Gasteiger partial charge in [-0.05, 0) is 83.8 Å². The van der Waals surface area contributed by atoms with Crippen LogP contribution >= 0.6 is 0 Å². The Kier molecular flexibility index (Phi) is 6.31. The Morgan fingerprint density at radius 3 is 2.00 bits per heavy atom. The van der Waals surface area contributed by atoms with Crippen LogP contribution in [-0.4, -0.2) is 14.0 Å². The zero-order chi connectivity index (χ0) is 30.5. The van der Waals surface area contributed by atoms with E-state index < -0.39 is 0 Å². The number of hydrogen-bond donors (Lipinski definition) is 0. The molecular weight excluding hydrogens is 548 g/mol. The van der Waals surface area contributed by atoms with E-state index in [2.05, 4.69) is 162 Å². The number of nitrogens with zero attached hydrogens (tertiary/aromatic N) is 4. The van der Waals surface area contributed by atoms with E-state index in [0.717, 1.165) is 34.0 Å². The molecule has 4 nitrogen and oxygen atoms in total. The van der Waals surface area contributed by atoms with Crippen molar-refractivity contribution in [3.05, 3.63) is 157 Å². The molecule has 8 rings (SSSR count). The van der Waals surface area contributed by atoms with Crippen molar-refractivity contribution in [2.24, 2.45) is 0 Å². The van der Waals surface area contributed by atoms with Crippen LogP contribution in [0.1, 0.15) is 26.3 Å². The van der Waals surface area contributed by atoms with Gasteiger partial charge in [-0.25, -0.2) is 4.98 Å². The summed E-state index contributed by atoms with van der Waals surface area (Å²) in [5, 5.41) is 2.47. The summed E-state index contributed by atoms with van der Waals surface area (Å²) >= 11 is 0. The lowest BCUT2D eigenvalue weighted by atomic mass is 9.87. The molecule has 218 valence electrons. The summed E-state index contributed by atoms with van der Waals surface area (Å²) in [5.41, 5.74) is 11.3. The van der Waals surface area contributed by atoms with Crippen LogP contribution in [-0.2, 0) is 5.41 Å². The maximum Gasteiger partial charge on any atom is 0.137 e. The van der Waals surface area contributed by atoms with Crippen LogP contribution < -0.4 is 4.90 Å². The highest BCUT2D eigenvalue weighted by Gasteiger charge is 2.18. The highest BCUT2D eigenvalue weighted by molar-refractivity contribution is 6.10. The van der Waals surface area contributed by atoms with E-state index in [4.69, 9.17) is 4.98 Å². The molecule has 3 aromatic heterocycles. The van der Waals surface area contributed by atoms with Gasteiger partial charge >= 0.3 is 0 Å². The number of anilines is 3. The highest BCUT2D eigenvalue weighted by atomic mass is 15.1. The molecule has 8 aromatic rings. The van der Waals surface area contributed by atoms with E-state index in [9.17, 15) is 0 Å². The second kappa shape index (κ2) is 10.5. The molecule has 0 amide bonds. The van der Waals surface area contributed by atoms with E-state index in [-0.39, 0.29) is 5.41 Å². The van der Waals surface area contributed by atoms with Crippen molar-refractivity contribution in [1.29, 1.82) is 0 Å². The molecule has 0 spiro atoms. The lowest BCUT2D eigenvalue weighted by Crippen LogP contribution is -2.11. The number of hydrogen-bond acceptors (Lipinski definition) is 2. The van der Waals surface area contributed by atoms with E-state index in [1.165, 1.54) is 33.1 Å². The number of fused-ring (bicyclic) bond motifs is 4. The molecule has 0 saturated heterocycles. The van der Waals surface area contributed by atoms with Crippen LogP contribution in [0.15, 0.2) is 152 Å². The Morgan fingerprint density at radius 2 is 1.24 bits per heavy atom. The molecule has 0 aliphatic carbocycles. The zero-order valence-electron chi connectivity index (χ0n) is 25.7. The van der Waals surface area contributed by atoms with Gasteiger partial charge in [-0.15, -0.1) is 0 Å². The van der Waals surface area contributed by atoms with Gasteiger partial charge in [0.2, 0.25) is 0 Å². The number of rotatable bonds is 5. The predicted octanol–water partition coefficient (Wildman–Crippen LogP) is 10.9. The minimum atomic E-state index is 0.111. The van der Waals surface area contributed by atoms with Gasteiger partial charge in [0.15, 0.2) is 0 Å². The minimum Gasteiger partial charge on any atom is -0.310 e. The molecule has 0 saturated carbocycles. The van der Waals surface area contributed by atoms with Crippen molar-refractivity contribution >= 4 is 44.5 Å². The Hall–Kier alpha value is -5.61. The molecule has 45 heavy (non-hydrogen) atoms. The Labute approximate surface area is 263 Å². The van der Waals surface area contributed by atoms with Gasteiger partial charge in [-0.3, -0.25) is 0 Å². The molecular formula is C41H34N4. The number of para-hydroxylation sites is 2. The van der Waals surface area contributed by atoms with Crippen LogP contribution in [0.5, 0.6) is 0 Å². The average Bonchev–Trinajstić information content (AvgIpc) is 3.65. The van der Waals surface area contributed by atoms with Gasteiger partial charge in [0, 0.05) is 51.5 Å². The van der Waals surface area contributed by atoms with E-state index in [0.29, 0.717) is 0 Å². The van der Waals surface area contributed by atoms with Crippen LogP contribution in [0.3, 0.4) is 0 Å². The molecule has 4 heteroatoms. The summed E-state index contributed by atoms with van der Waals surface area (Å²) in [4.78, 5) is 7.16. The second-order valence-electron chi connectivity index (χ2n) is 12.7. The summed E-state index contributed by atoms with van der Waals surface area (Å²) in [5.74, 6) is 0. The van der Waals surface area contributed by atoms with E-state index in [1.807, 2.05) is 24.4 Å². The van der Waals surface area contributed by atoms with Gasteiger partial charge in [0.1, 0.15) is 5.65 Å². The number of benzene rings is 5. The van der Waals surface area contributed by atoms with Gasteiger partial charge < -0.3 is 13.9 Å². The zero-order valence-corrected chi connectivity index (χ0v) is 25.7. The first kappa shape index (κ1) is 27.0. The molecule has 0 radical (unpaired) electrons. The van der Waals surface area contributed by atoms with E-state index in [1.54, 1.807) is 0 Å². The monoisotopic (exact) mass is 582 g/mol. The summed E-state index contributed by atoms with van der Waals surface area (Å²) in [7, 11) is 0. The van der Waals surface area contributed by atoms with Gasteiger partial charge in [-0.1, -0.05) is 87.5 Å². The van der Waals surface area contributed by atoms with Crippen LogP contribution in [0.2, 0.25) is 0 Å². The average molecular weight is 583 g/mol. The fourth-order valence-corrected chi connectivity index (χ4v) is 6.37. The minimum absolute atomic E-state index is 0.111. The van der Waals surface area contributed by atoms with Crippen molar-refractivity contribution in [2.75, 3.05) is 4.90 Å². The molecule has 0 fully saturated rings. The number of aromatic nitrogens is 3. The lowest BCUT2D eigenvalue weighted by Gasteiger charge is -2.26. The highest BCUT2D eigenvalue weighted by Crippen LogP contribution is 2.40. The predicted molar refractivity (Wildman–Crippen MR) is 188 cm³/mol. The van der Waals surface area contributed by atoms with Crippen LogP contribution in [0.25, 0.3) is 44.4 Å². The number of imidazole rings is 1. The Morgan fingerprint density at radius 1 is 0.578 bits per heavy atom. The molecule has 0 N–H and O–H groups in total. The van der Waals surface area contributed by atoms with Crippen molar-refractivity contribution in [1.82, 2.24) is 14.0 Å². The number of pyridine rings is 1. The smallest absolute Gasteiger partial charge is 0.137 e. The SMILES string of the molecule is CC(C)(C)c1ccc(-n2c3ccccc3c3cc(N(c4ccccc4)c4ccc(-c5cn6ccccc6n5)cc4)ccc32)cc1. The molecule has 0 unspecified atom stereocenters. The second-order valence-corrected chi connectivity index (χ2v) is 12.7. The standard InChI is InChI=1S/C41H34N4/c1-41(2,3)30-18-22-33(23-19-30)45-38-14-8-7-13-35(38)36-27-34(24-25-39(36)45)44(31-11-5-4-6-12-31)32-20-16-29(17-21-32)37-28-43-26-10-9-15-40(43)42-37/h4-28H,1-3H3. The van der Waals surface area contributed by atoms with Crippen LogP contribution in [0, 0.1) is 0 Å². The first-order valence-electron chi connectivity index (χ1n) is 15.5. The maximum absolute atomic E-state index is 4.83. The van der Waals surface area contributed by atoms with Crippen molar-refractivity contribution in [3.63, 3.8) is 0 Å². The van der Waals surface area contributed by atoms with Crippen molar-refractivity contribution < 1.29 is 0 Å². The molecule has 0 bridgehead atoms. The van der Waals surface area contributed by atoms with Gasteiger partial charge in [0.25, 0.3) is 0 Å². The van der Waals surface area contributed by atoms with E-state index >= 15 is 0 Å². The summed E-state index contributed by atoms with van der Waals surface area (Å²) in [6, 6.07) is 50.0. The maximum atomic E-state index is 4.83. The molecule has 3 heterocycles. The molecule has 0 atom stereocenters.